The van der Waals surface area contributed by atoms with Gasteiger partial charge in [0.15, 0.2) is 0 Å². The first kappa shape index (κ1) is 17.0. The van der Waals surface area contributed by atoms with Crippen LogP contribution in [0.3, 0.4) is 0 Å². The number of rotatable bonds is 7. The number of hydrogen-bond donors (Lipinski definition) is 1. The van der Waals surface area contributed by atoms with E-state index >= 15 is 0 Å². The molecule has 0 unspecified atom stereocenters. The molecule has 4 heteroatoms. The number of halogens is 1. The number of carbonyl (C=O) groups is 1. The zero-order chi connectivity index (χ0) is 15.8. The van der Waals surface area contributed by atoms with Crippen molar-refractivity contribution in [3.8, 4) is 0 Å². The molecule has 1 aliphatic carbocycles. The number of nitrogens with one attached hydrogen (secondary N) is 1. The third-order valence-electron chi connectivity index (χ3n) is 3.93. The Labute approximate surface area is 138 Å². The molecule has 0 radical (unpaired) electrons. The first-order chi connectivity index (χ1) is 10.6. The SMILES string of the molecule is CN(CC(=O)NCCC1=CCCCC1)Cc1ccc(Cl)cc1. The highest BCUT2D eigenvalue weighted by atomic mass is 35.5. The molecule has 2 rings (SSSR count). The van der Waals surface area contributed by atoms with Crippen LogP contribution in [0.2, 0.25) is 5.02 Å². The van der Waals surface area contributed by atoms with Crippen LogP contribution in [0.4, 0.5) is 0 Å². The predicted molar refractivity (Wildman–Crippen MR) is 92.0 cm³/mol. The highest BCUT2D eigenvalue weighted by Crippen LogP contribution is 2.19. The van der Waals surface area contributed by atoms with E-state index in [1.807, 2.05) is 36.2 Å². The number of nitrogens with zero attached hydrogens (tertiary/aromatic N) is 1. The van der Waals surface area contributed by atoms with Crippen LogP contribution < -0.4 is 5.32 Å². The smallest absolute Gasteiger partial charge is 0.234 e. The van der Waals surface area contributed by atoms with Gasteiger partial charge in [-0.15, -0.1) is 0 Å². The van der Waals surface area contributed by atoms with Crippen molar-refractivity contribution in [1.82, 2.24) is 10.2 Å². The Kier molecular flexibility index (Phi) is 6.94. The molecule has 1 N–H and O–H groups in total. The van der Waals surface area contributed by atoms with E-state index in [1.54, 1.807) is 0 Å². The van der Waals surface area contributed by atoms with Crippen LogP contribution in [-0.4, -0.2) is 30.9 Å². The molecule has 0 bridgehead atoms. The van der Waals surface area contributed by atoms with Crippen LogP contribution >= 0.6 is 11.6 Å². The van der Waals surface area contributed by atoms with Gasteiger partial charge >= 0.3 is 0 Å². The summed E-state index contributed by atoms with van der Waals surface area (Å²) in [6.07, 6.45) is 8.34. The van der Waals surface area contributed by atoms with E-state index in [9.17, 15) is 4.79 Å². The Bertz CT molecular complexity index is 510. The fraction of sp³-hybridized carbons (Fsp3) is 0.500. The van der Waals surface area contributed by atoms with E-state index in [4.69, 9.17) is 11.6 Å². The summed E-state index contributed by atoms with van der Waals surface area (Å²) in [5.74, 6) is 0.0906. The molecule has 0 spiro atoms. The Hall–Kier alpha value is -1.32. The van der Waals surface area contributed by atoms with Crippen LogP contribution in [0.5, 0.6) is 0 Å². The minimum Gasteiger partial charge on any atom is -0.355 e. The summed E-state index contributed by atoms with van der Waals surface area (Å²) in [7, 11) is 1.96. The summed E-state index contributed by atoms with van der Waals surface area (Å²) in [5, 5.41) is 3.75. The zero-order valence-electron chi connectivity index (χ0n) is 13.3. The monoisotopic (exact) mass is 320 g/mol. The highest BCUT2D eigenvalue weighted by Gasteiger charge is 2.08. The van der Waals surface area contributed by atoms with Gasteiger partial charge in [-0.05, 0) is 56.8 Å². The van der Waals surface area contributed by atoms with Crippen molar-refractivity contribution >= 4 is 17.5 Å². The molecular weight excluding hydrogens is 296 g/mol. The van der Waals surface area contributed by atoms with Crippen molar-refractivity contribution in [3.63, 3.8) is 0 Å². The number of benzene rings is 1. The lowest BCUT2D eigenvalue weighted by Crippen LogP contribution is -2.35. The molecule has 0 saturated carbocycles. The molecule has 120 valence electrons. The maximum Gasteiger partial charge on any atom is 0.234 e. The van der Waals surface area contributed by atoms with Gasteiger partial charge in [-0.1, -0.05) is 35.4 Å². The molecule has 1 aromatic carbocycles. The second-order valence-electron chi connectivity index (χ2n) is 6.01. The molecule has 0 aromatic heterocycles. The lowest BCUT2D eigenvalue weighted by molar-refractivity contribution is -0.122. The Morgan fingerprint density at radius 2 is 2.05 bits per heavy atom. The molecule has 22 heavy (non-hydrogen) atoms. The normalized spacial score (nSPS) is 14.8. The topological polar surface area (TPSA) is 32.3 Å². The molecule has 1 aliphatic rings. The van der Waals surface area contributed by atoms with Gasteiger partial charge in [0.05, 0.1) is 6.54 Å². The van der Waals surface area contributed by atoms with Crippen LogP contribution in [-0.2, 0) is 11.3 Å². The second kappa shape index (κ2) is 8.96. The molecule has 0 aliphatic heterocycles. The Morgan fingerprint density at radius 1 is 1.27 bits per heavy atom. The summed E-state index contributed by atoms with van der Waals surface area (Å²) < 4.78 is 0. The summed E-state index contributed by atoms with van der Waals surface area (Å²) in [6, 6.07) is 7.74. The highest BCUT2D eigenvalue weighted by molar-refractivity contribution is 6.30. The van der Waals surface area contributed by atoms with E-state index in [0.29, 0.717) is 6.54 Å². The van der Waals surface area contributed by atoms with Crippen molar-refractivity contribution in [3.05, 3.63) is 46.5 Å². The number of amides is 1. The van der Waals surface area contributed by atoms with Gasteiger partial charge < -0.3 is 5.32 Å². The van der Waals surface area contributed by atoms with Crippen molar-refractivity contribution in [2.24, 2.45) is 0 Å². The summed E-state index contributed by atoms with van der Waals surface area (Å²) in [4.78, 5) is 14.0. The average molecular weight is 321 g/mol. The van der Waals surface area contributed by atoms with Crippen LogP contribution in [0.15, 0.2) is 35.9 Å². The van der Waals surface area contributed by atoms with E-state index in [0.717, 1.165) is 30.1 Å². The summed E-state index contributed by atoms with van der Waals surface area (Å²) in [5.41, 5.74) is 2.66. The summed E-state index contributed by atoms with van der Waals surface area (Å²) >= 11 is 5.87. The van der Waals surface area contributed by atoms with Crippen molar-refractivity contribution in [2.75, 3.05) is 20.1 Å². The minimum atomic E-state index is 0.0906. The lowest BCUT2D eigenvalue weighted by atomic mass is 9.97. The second-order valence-corrected chi connectivity index (χ2v) is 6.44. The van der Waals surface area contributed by atoms with Crippen LogP contribution in [0.1, 0.15) is 37.7 Å². The van der Waals surface area contributed by atoms with Gasteiger partial charge in [-0.2, -0.15) is 0 Å². The van der Waals surface area contributed by atoms with Gasteiger partial charge in [0.1, 0.15) is 0 Å². The summed E-state index contributed by atoms with van der Waals surface area (Å²) in [6.45, 7) is 1.91. The Morgan fingerprint density at radius 3 is 2.73 bits per heavy atom. The maximum absolute atomic E-state index is 11.9. The largest absolute Gasteiger partial charge is 0.355 e. The molecule has 3 nitrogen and oxygen atoms in total. The molecule has 0 atom stereocenters. The zero-order valence-corrected chi connectivity index (χ0v) is 14.0. The predicted octanol–water partition coefficient (Wildman–Crippen LogP) is 3.78. The first-order valence-electron chi connectivity index (χ1n) is 8.01. The lowest BCUT2D eigenvalue weighted by Gasteiger charge is -2.17. The number of allylic oxidation sites excluding steroid dienone is 1. The molecule has 0 fully saturated rings. The fourth-order valence-corrected chi connectivity index (χ4v) is 2.88. The van der Waals surface area contributed by atoms with Gasteiger partial charge in [0.25, 0.3) is 0 Å². The number of likely N-dealkylation sites (N-methyl/N-ethyl adjacent to an activating group) is 1. The van der Waals surface area contributed by atoms with Crippen molar-refractivity contribution in [1.29, 1.82) is 0 Å². The van der Waals surface area contributed by atoms with Gasteiger partial charge in [0, 0.05) is 18.1 Å². The molecule has 0 heterocycles. The molecular formula is C18H25ClN2O. The molecule has 1 aromatic rings. The minimum absolute atomic E-state index is 0.0906. The van der Waals surface area contributed by atoms with Crippen LogP contribution in [0, 0.1) is 0 Å². The fourth-order valence-electron chi connectivity index (χ4n) is 2.75. The van der Waals surface area contributed by atoms with E-state index in [2.05, 4.69) is 11.4 Å². The van der Waals surface area contributed by atoms with E-state index < -0.39 is 0 Å². The van der Waals surface area contributed by atoms with E-state index in [1.165, 1.54) is 31.3 Å². The maximum atomic E-state index is 11.9. The average Bonchev–Trinajstić information content (AvgIpc) is 2.50. The molecule has 1 amide bonds. The van der Waals surface area contributed by atoms with Crippen molar-refractivity contribution < 1.29 is 4.79 Å². The molecule has 0 saturated heterocycles. The third kappa shape index (κ3) is 6.20. The van der Waals surface area contributed by atoms with Gasteiger partial charge in [-0.3, -0.25) is 9.69 Å². The van der Waals surface area contributed by atoms with Gasteiger partial charge in [-0.25, -0.2) is 0 Å². The van der Waals surface area contributed by atoms with Crippen LogP contribution in [0.25, 0.3) is 0 Å². The first-order valence-corrected chi connectivity index (χ1v) is 8.39. The standard InChI is InChI=1S/C18H25ClN2O/c1-21(13-16-7-9-17(19)10-8-16)14-18(22)20-12-11-15-5-3-2-4-6-15/h5,7-10H,2-4,6,11-14H2,1H3,(H,20,22). The van der Waals surface area contributed by atoms with E-state index in [-0.39, 0.29) is 5.91 Å². The van der Waals surface area contributed by atoms with Gasteiger partial charge in [0.2, 0.25) is 5.91 Å². The Balaban J connectivity index is 1.65. The number of hydrogen-bond acceptors (Lipinski definition) is 2. The van der Waals surface area contributed by atoms with Crippen molar-refractivity contribution in [2.45, 2.75) is 38.6 Å². The quantitative estimate of drug-likeness (QED) is 0.775. The third-order valence-corrected chi connectivity index (χ3v) is 4.18. The number of carbonyl (C=O) groups excluding carboxylic acids is 1.